The molecule has 0 saturated heterocycles. The fourth-order valence-electron chi connectivity index (χ4n) is 1.52. The van der Waals surface area contributed by atoms with Gasteiger partial charge in [0.05, 0.1) is 12.9 Å². The lowest BCUT2D eigenvalue weighted by Crippen LogP contribution is -2.40. The van der Waals surface area contributed by atoms with E-state index in [1.165, 1.54) is 25.8 Å². The van der Waals surface area contributed by atoms with Gasteiger partial charge in [-0.2, -0.15) is 11.8 Å². The molecule has 0 aliphatic rings. The number of carbonyl (C=O) groups is 3. The molecule has 2 amide bonds. The molecule has 110 valence electrons. The van der Waals surface area contributed by atoms with E-state index in [0.29, 0.717) is 18.7 Å². The Hall–Kier alpha value is -1.24. The van der Waals surface area contributed by atoms with Crippen molar-refractivity contribution >= 4 is 29.5 Å². The van der Waals surface area contributed by atoms with Crippen LogP contribution in [0, 0.1) is 0 Å². The molecule has 0 fully saturated rings. The summed E-state index contributed by atoms with van der Waals surface area (Å²) in [5.41, 5.74) is 0. The van der Waals surface area contributed by atoms with Gasteiger partial charge in [-0.25, -0.2) is 4.79 Å². The van der Waals surface area contributed by atoms with Crippen molar-refractivity contribution in [2.45, 2.75) is 32.2 Å². The fourth-order valence-corrected chi connectivity index (χ4v) is 1.88. The number of carbonyl (C=O) groups excluding carboxylic acids is 3. The van der Waals surface area contributed by atoms with Gasteiger partial charge in [-0.05, 0) is 25.5 Å². The normalized spacial score (nSPS) is 11.5. The third kappa shape index (κ3) is 9.35. The van der Waals surface area contributed by atoms with Crippen molar-refractivity contribution in [3.05, 3.63) is 0 Å². The van der Waals surface area contributed by atoms with Gasteiger partial charge in [-0.3, -0.25) is 9.59 Å². The minimum absolute atomic E-state index is 0.0129. The zero-order valence-electron chi connectivity index (χ0n) is 11.7. The Balaban J connectivity index is 3.84. The molecule has 0 heterocycles. The van der Waals surface area contributed by atoms with Crippen LogP contribution < -0.4 is 10.6 Å². The molecule has 2 N–H and O–H groups in total. The number of unbranched alkanes of at least 4 members (excludes halogenated alkanes) is 1. The molecule has 1 atom stereocenters. The van der Waals surface area contributed by atoms with Gasteiger partial charge in [0.15, 0.2) is 0 Å². The maximum absolute atomic E-state index is 11.4. The van der Waals surface area contributed by atoms with E-state index in [9.17, 15) is 14.4 Å². The number of rotatable bonds is 9. The number of hydrogen-bond acceptors (Lipinski definition) is 5. The first-order valence-electron chi connectivity index (χ1n) is 6.11. The van der Waals surface area contributed by atoms with Crippen LogP contribution in [0.2, 0.25) is 0 Å². The van der Waals surface area contributed by atoms with Crippen LogP contribution in [0.4, 0.5) is 0 Å². The summed E-state index contributed by atoms with van der Waals surface area (Å²) in [5.74, 6) is -0.236. The number of methoxy groups -OCH3 is 1. The topological polar surface area (TPSA) is 84.5 Å². The number of ether oxygens (including phenoxy) is 1. The summed E-state index contributed by atoms with van der Waals surface area (Å²) in [4.78, 5) is 33.5. The molecular formula is C12H22N2O4S. The van der Waals surface area contributed by atoms with Crippen LogP contribution in [-0.4, -0.2) is 49.5 Å². The van der Waals surface area contributed by atoms with Gasteiger partial charge in [-0.15, -0.1) is 0 Å². The highest BCUT2D eigenvalue weighted by Crippen LogP contribution is 2.02. The summed E-state index contributed by atoms with van der Waals surface area (Å²) in [7, 11) is 1.29. The van der Waals surface area contributed by atoms with Crippen LogP contribution in [0.15, 0.2) is 0 Å². The number of esters is 1. The molecule has 0 radical (unpaired) electrons. The van der Waals surface area contributed by atoms with Crippen LogP contribution >= 0.6 is 11.8 Å². The largest absolute Gasteiger partial charge is 0.467 e. The summed E-state index contributed by atoms with van der Waals surface area (Å²) in [6, 6.07) is -0.607. The standard InChI is InChI=1S/C12H22N2O4S/c1-9(15)14-10(12(17)18-2)6-4-5-7-13-11(16)8-19-3/h10H,4-8H2,1-3H3,(H,13,16)(H,14,15)/t10-/m0/s1. The van der Waals surface area contributed by atoms with Crippen molar-refractivity contribution in [1.82, 2.24) is 10.6 Å². The Bertz CT molecular complexity index is 310. The number of thioether (sulfide) groups is 1. The quantitative estimate of drug-likeness (QED) is 0.472. The van der Waals surface area contributed by atoms with Crippen LogP contribution in [0.5, 0.6) is 0 Å². The fraction of sp³-hybridized carbons (Fsp3) is 0.750. The van der Waals surface area contributed by atoms with Crippen molar-refractivity contribution in [3.63, 3.8) is 0 Å². The molecule has 0 rings (SSSR count). The summed E-state index contributed by atoms with van der Waals surface area (Å²) >= 11 is 1.47. The van der Waals surface area contributed by atoms with Gasteiger partial charge in [0.1, 0.15) is 6.04 Å². The van der Waals surface area contributed by atoms with E-state index in [4.69, 9.17) is 0 Å². The Kier molecular flexibility index (Phi) is 9.97. The lowest BCUT2D eigenvalue weighted by atomic mass is 10.1. The van der Waals surface area contributed by atoms with Crippen LogP contribution in [0.25, 0.3) is 0 Å². The summed E-state index contributed by atoms with van der Waals surface area (Å²) in [6.07, 6.45) is 3.85. The summed E-state index contributed by atoms with van der Waals surface area (Å²) in [5, 5.41) is 5.32. The Morgan fingerprint density at radius 2 is 1.95 bits per heavy atom. The maximum atomic E-state index is 11.4. The average Bonchev–Trinajstić information content (AvgIpc) is 2.36. The molecule has 0 aromatic heterocycles. The van der Waals surface area contributed by atoms with Crippen molar-refractivity contribution in [3.8, 4) is 0 Å². The summed E-state index contributed by atoms with van der Waals surface area (Å²) in [6.45, 7) is 1.94. The Labute approximate surface area is 118 Å². The second-order valence-corrected chi connectivity index (χ2v) is 4.92. The van der Waals surface area contributed by atoms with Crippen LogP contribution in [0.3, 0.4) is 0 Å². The zero-order valence-corrected chi connectivity index (χ0v) is 12.5. The molecule has 0 saturated carbocycles. The molecule has 0 aliphatic carbocycles. The molecule has 7 heteroatoms. The third-order valence-corrected chi connectivity index (χ3v) is 2.93. The predicted octanol–water partition coefficient (Wildman–Crippen LogP) is 0.314. The van der Waals surface area contributed by atoms with Crippen molar-refractivity contribution in [2.24, 2.45) is 0 Å². The first kappa shape index (κ1) is 17.8. The molecule has 0 aromatic carbocycles. The molecule has 6 nitrogen and oxygen atoms in total. The number of amides is 2. The average molecular weight is 290 g/mol. The van der Waals surface area contributed by atoms with Gasteiger partial charge < -0.3 is 15.4 Å². The zero-order chi connectivity index (χ0) is 14.7. The molecule has 0 bridgehead atoms. The smallest absolute Gasteiger partial charge is 0.328 e. The SMILES string of the molecule is COC(=O)[C@H](CCCCNC(=O)CSC)NC(C)=O. The van der Waals surface area contributed by atoms with E-state index < -0.39 is 12.0 Å². The monoisotopic (exact) mass is 290 g/mol. The van der Waals surface area contributed by atoms with Gasteiger partial charge in [-0.1, -0.05) is 0 Å². The van der Waals surface area contributed by atoms with E-state index in [2.05, 4.69) is 15.4 Å². The highest BCUT2D eigenvalue weighted by Gasteiger charge is 2.19. The van der Waals surface area contributed by atoms with E-state index in [1.54, 1.807) is 0 Å². The molecular weight excluding hydrogens is 268 g/mol. The van der Waals surface area contributed by atoms with E-state index in [1.807, 2.05) is 6.26 Å². The van der Waals surface area contributed by atoms with Crippen molar-refractivity contribution in [2.75, 3.05) is 25.7 Å². The Morgan fingerprint density at radius 1 is 1.26 bits per heavy atom. The van der Waals surface area contributed by atoms with E-state index in [0.717, 1.165) is 12.8 Å². The van der Waals surface area contributed by atoms with Crippen LogP contribution in [0.1, 0.15) is 26.2 Å². The lowest BCUT2D eigenvalue weighted by molar-refractivity contribution is -0.145. The molecule has 0 spiro atoms. The van der Waals surface area contributed by atoms with E-state index in [-0.39, 0.29) is 11.8 Å². The lowest BCUT2D eigenvalue weighted by Gasteiger charge is -2.15. The predicted molar refractivity (Wildman–Crippen MR) is 74.9 cm³/mol. The van der Waals surface area contributed by atoms with Crippen molar-refractivity contribution < 1.29 is 19.1 Å². The van der Waals surface area contributed by atoms with Gasteiger partial charge >= 0.3 is 5.97 Å². The molecule has 0 aromatic rings. The minimum atomic E-state index is -0.607. The highest BCUT2D eigenvalue weighted by molar-refractivity contribution is 7.99. The van der Waals surface area contributed by atoms with Crippen molar-refractivity contribution in [1.29, 1.82) is 0 Å². The maximum Gasteiger partial charge on any atom is 0.328 e. The first-order chi connectivity index (χ1) is 9.01. The minimum Gasteiger partial charge on any atom is -0.467 e. The van der Waals surface area contributed by atoms with Crippen LogP contribution in [-0.2, 0) is 19.1 Å². The van der Waals surface area contributed by atoms with Gasteiger partial charge in [0, 0.05) is 13.5 Å². The first-order valence-corrected chi connectivity index (χ1v) is 7.51. The van der Waals surface area contributed by atoms with Gasteiger partial charge in [0.2, 0.25) is 11.8 Å². The number of hydrogen-bond donors (Lipinski definition) is 2. The summed E-state index contributed by atoms with van der Waals surface area (Å²) < 4.78 is 4.61. The Morgan fingerprint density at radius 3 is 2.47 bits per heavy atom. The molecule has 0 unspecified atom stereocenters. The van der Waals surface area contributed by atoms with E-state index >= 15 is 0 Å². The second kappa shape index (κ2) is 10.7. The molecule has 0 aliphatic heterocycles. The highest BCUT2D eigenvalue weighted by atomic mass is 32.2. The number of nitrogens with one attached hydrogen (secondary N) is 2. The molecule has 19 heavy (non-hydrogen) atoms. The third-order valence-electron chi connectivity index (χ3n) is 2.38. The second-order valence-electron chi connectivity index (χ2n) is 4.06. The van der Waals surface area contributed by atoms with Gasteiger partial charge in [0.25, 0.3) is 0 Å².